The second kappa shape index (κ2) is 9.18. The van der Waals surface area contributed by atoms with Crippen LogP contribution in [0.25, 0.3) is 0 Å². The van der Waals surface area contributed by atoms with Gasteiger partial charge in [0.2, 0.25) is 11.8 Å². The smallest absolute Gasteiger partial charge is 0.224 e. The van der Waals surface area contributed by atoms with Crippen LogP contribution < -0.4 is 15.4 Å². The minimum Gasteiger partial charge on any atom is -0.494 e. The summed E-state index contributed by atoms with van der Waals surface area (Å²) < 4.78 is 5.36. The summed E-state index contributed by atoms with van der Waals surface area (Å²) in [7, 11) is 0. The molecule has 128 valence electrons. The first-order valence-corrected chi connectivity index (χ1v) is 8.05. The van der Waals surface area contributed by atoms with Crippen LogP contribution in [0, 0.1) is 5.41 Å². The van der Waals surface area contributed by atoms with Gasteiger partial charge in [-0.3, -0.25) is 9.59 Å². The standard InChI is InChI=1S/C18H28N2O3/c1-5-23-15-8-6-14(7-9-15)12-16(21)19-10-11-20-17(22)13-18(2,3)4/h6-9H,5,10-13H2,1-4H3,(H,19,21)(H,20,22). The zero-order chi connectivity index (χ0) is 17.3. The molecule has 1 aromatic rings. The average Bonchev–Trinajstić information content (AvgIpc) is 2.44. The fraction of sp³-hybridized carbons (Fsp3) is 0.556. The number of hydrogen-bond acceptors (Lipinski definition) is 3. The van der Waals surface area contributed by atoms with Gasteiger partial charge in [0.15, 0.2) is 0 Å². The van der Waals surface area contributed by atoms with Gasteiger partial charge in [-0.2, -0.15) is 0 Å². The Balaban J connectivity index is 2.23. The van der Waals surface area contributed by atoms with E-state index >= 15 is 0 Å². The summed E-state index contributed by atoms with van der Waals surface area (Å²) in [6.07, 6.45) is 0.801. The van der Waals surface area contributed by atoms with Crippen molar-refractivity contribution >= 4 is 11.8 Å². The van der Waals surface area contributed by atoms with E-state index < -0.39 is 0 Å². The average molecular weight is 320 g/mol. The second-order valence-electron chi connectivity index (χ2n) is 6.69. The van der Waals surface area contributed by atoms with Crippen molar-refractivity contribution in [1.29, 1.82) is 0 Å². The van der Waals surface area contributed by atoms with E-state index in [2.05, 4.69) is 10.6 Å². The molecule has 23 heavy (non-hydrogen) atoms. The van der Waals surface area contributed by atoms with Gasteiger partial charge in [-0.15, -0.1) is 0 Å². The van der Waals surface area contributed by atoms with E-state index in [0.29, 0.717) is 32.5 Å². The van der Waals surface area contributed by atoms with Crippen molar-refractivity contribution in [2.45, 2.75) is 40.5 Å². The SMILES string of the molecule is CCOc1ccc(CC(=O)NCCNC(=O)CC(C)(C)C)cc1. The number of carbonyl (C=O) groups excluding carboxylic acids is 2. The molecule has 2 N–H and O–H groups in total. The lowest BCUT2D eigenvalue weighted by molar-refractivity contribution is -0.123. The maximum absolute atomic E-state index is 11.8. The van der Waals surface area contributed by atoms with Crippen molar-refractivity contribution in [1.82, 2.24) is 10.6 Å². The minimum absolute atomic E-state index is 0.0123. The third kappa shape index (κ3) is 8.86. The molecule has 0 heterocycles. The van der Waals surface area contributed by atoms with E-state index in [9.17, 15) is 9.59 Å². The van der Waals surface area contributed by atoms with Gasteiger partial charge >= 0.3 is 0 Å². The number of nitrogens with one attached hydrogen (secondary N) is 2. The van der Waals surface area contributed by atoms with Crippen LogP contribution in [0.5, 0.6) is 5.75 Å². The molecule has 0 radical (unpaired) electrons. The summed E-state index contributed by atoms with van der Waals surface area (Å²) in [5.74, 6) is 0.760. The van der Waals surface area contributed by atoms with Crippen molar-refractivity contribution in [3.05, 3.63) is 29.8 Å². The third-order valence-corrected chi connectivity index (χ3v) is 3.06. The van der Waals surface area contributed by atoms with Gasteiger partial charge in [0, 0.05) is 19.5 Å². The van der Waals surface area contributed by atoms with Crippen LogP contribution in [0.2, 0.25) is 0 Å². The highest BCUT2D eigenvalue weighted by Crippen LogP contribution is 2.17. The van der Waals surface area contributed by atoms with Gasteiger partial charge in [-0.25, -0.2) is 0 Å². The molecule has 0 aromatic heterocycles. The summed E-state index contributed by atoms with van der Waals surface area (Å²) in [6.45, 7) is 9.50. The minimum atomic E-state index is -0.0563. The Labute approximate surface area is 138 Å². The maximum Gasteiger partial charge on any atom is 0.224 e. The fourth-order valence-electron chi connectivity index (χ4n) is 2.07. The lowest BCUT2D eigenvalue weighted by Crippen LogP contribution is -2.36. The molecule has 1 rings (SSSR count). The van der Waals surface area contributed by atoms with E-state index in [1.807, 2.05) is 52.0 Å². The highest BCUT2D eigenvalue weighted by molar-refractivity contribution is 5.79. The molecule has 0 spiro atoms. The number of carbonyl (C=O) groups is 2. The summed E-state index contributed by atoms with van der Waals surface area (Å²) >= 11 is 0. The predicted molar refractivity (Wildman–Crippen MR) is 91.4 cm³/mol. The topological polar surface area (TPSA) is 67.4 Å². The Hall–Kier alpha value is -2.04. The molecule has 0 unspecified atom stereocenters. The van der Waals surface area contributed by atoms with Crippen molar-refractivity contribution in [3.8, 4) is 5.75 Å². The summed E-state index contributed by atoms with van der Waals surface area (Å²) in [5, 5.41) is 5.61. The Morgan fingerprint density at radius 1 is 1.00 bits per heavy atom. The van der Waals surface area contributed by atoms with E-state index in [1.54, 1.807) is 0 Å². The predicted octanol–water partition coefficient (Wildman–Crippen LogP) is 2.30. The van der Waals surface area contributed by atoms with Gasteiger partial charge in [0.05, 0.1) is 13.0 Å². The van der Waals surface area contributed by atoms with Crippen molar-refractivity contribution in [3.63, 3.8) is 0 Å². The number of ether oxygens (including phenoxy) is 1. The first-order chi connectivity index (χ1) is 10.8. The number of benzene rings is 1. The van der Waals surface area contributed by atoms with Gasteiger partial charge in [0.1, 0.15) is 5.75 Å². The first-order valence-electron chi connectivity index (χ1n) is 8.05. The number of amides is 2. The molecule has 0 saturated heterocycles. The Bertz CT molecular complexity index is 504. The molecule has 0 saturated carbocycles. The Morgan fingerprint density at radius 2 is 1.57 bits per heavy atom. The summed E-state index contributed by atoms with van der Waals surface area (Å²) in [5.41, 5.74) is 0.906. The van der Waals surface area contributed by atoms with E-state index in [1.165, 1.54) is 0 Å². The second-order valence-corrected chi connectivity index (χ2v) is 6.69. The van der Waals surface area contributed by atoms with Gasteiger partial charge < -0.3 is 15.4 Å². The monoisotopic (exact) mass is 320 g/mol. The molecule has 5 heteroatoms. The van der Waals surface area contributed by atoms with Gasteiger partial charge in [-0.1, -0.05) is 32.9 Å². The molecular weight excluding hydrogens is 292 g/mol. The molecule has 0 aliphatic rings. The largest absolute Gasteiger partial charge is 0.494 e. The van der Waals surface area contributed by atoms with Gasteiger partial charge in [-0.05, 0) is 30.0 Å². The molecule has 0 aliphatic heterocycles. The van der Waals surface area contributed by atoms with Crippen molar-refractivity contribution in [2.24, 2.45) is 5.41 Å². The lowest BCUT2D eigenvalue weighted by Gasteiger charge is -2.17. The Kier molecular flexibility index (Phi) is 7.59. The molecule has 1 aromatic carbocycles. The van der Waals surface area contributed by atoms with Crippen LogP contribution in [0.3, 0.4) is 0 Å². The zero-order valence-corrected chi connectivity index (χ0v) is 14.6. The van der Waals surface area contributed by atoms with E-state index in [-0.39, 0.29) is 17.2 Å². The van der Waals surface area contributed by atoms with Crippen LogP contribution in [0.1, 0.15) is 39.7 Å². The highest BCUT2D eigenvalue weighted by Gasteiger charge is 2.15. The zero-order valence-electron chi connectivity index (χ0n) is 14.6. The van der Waals surface area contributed by atoms with Crippen LogP contribution in [0.4, 0.5) is 0 Å². The molecule has 0 atom stereocenters. The Morgan fingerprint density at radius 3 is 2.09 bits per heavy atom. The highest BCUT2D eigenvalue weighted by atomic mass is 16.5. The van der Waals surface area contributed by atoms with Crippen LogP contribution in [-0.4, -0.2) is 31.5 Å². The molecule has 0 aliphatic carbocycles. The number of hydrogen-bond donors (Lipinski definition) is 2. The van der Waals surface area contributed by atoms with Crippen LogP contribution in [0.15, 0.2) is 24.3 Å². The summed E-state index contributed by atoms with van der Waals surface area (Å²) in [6, 6.07) is 7.49. The molecule has 0 bridgehead atoms. The van der Waals surface area contributed by atoms with E-state index in [0.717, 1.165) is 11.3 Å². The number of rotatable bonds is 8. The first kappa shape index (κ1) is 19.0. The van der Waals surface area contributed by atoms with Crippen molar-refractivity contribution < 1.29 is 14.3 Å². The quantitative estimate of drug-likeness (QED) is 0.722. The molecule has 0 fully saturated rings. The lowest BCUT2D eigenvalue weighted by atomic mass is 9.92. The fourth-order valence-corrected chi connectivity index (χ4v) is 2.07. The van der Waals surface area contributed by atoms with E-state index in [4.69, 9.17) is 4.74 Å². The third-order valence-electron chi connectivity index (χ3n) is 3.06. The maximum atomic E-state index is 11.8. The normalized spacial score (nSPS) is 11.0. The van der Waals surface area contributed by atoms with Crippen LogP contribution >= 0.6 is 0 Å². The molecular formula is C18H28N2O3. The van der Waals surface area contributed by atoms with Gasteiger partial charge in [0.25, 0.3) is 0 Å². The van der Waals surface area contributed by atoms with Crippen LogP contribution in [-0.2, 0) is 16.0 Å². The molecule has 5 nitrogen and oxygen atoms in total. The van der Waals surface area contributed by atoms with Crippen molar-refractivity contribution in [2.75, 3.05) is 19.7 Å². The summed E-state index contributed by atoms with van der Waals surface area (Å²) in [4.78, 5) is 23.5. The molecule has 2 amide bonds.